The van der Waals surface area contributed by atoms with Crippen LogP contribution in [-0.4, -0.2) is 92.3 Å². The van der Waals surface area contributed by atoms with E-state index in [4.69, 9.17) is 28.8 Å². The summed E-state index contributed by atoms with van der Waals surface area (Å²) in [6.45, 7) is 2.48. The maximum absolute atomic E-state index is 13.4. The lowest BCUT2D eigenvalue weighted by Crippen LogP contribution is -2.47. The molecule has 6 saturated carbocycles. The summed E-state index contributed by atoms with van der Waals surface area (Å²) < 4.78 is 18.0. The average molecular weight is 837 g/mol. The summed E-state index contributed by atoms with van der Waals surface area (Å²) in [6, 6.07) is 0.233. The fraction of sp³-hybridized carbons (Fsp3) is 0.933. The number of aliphatic carboxylic acids is 1. The Morgan fingerprint density at radius 3 is 1.78 bits per heavy atom. The summed E-state index contributed by atoms with van der Waals surface area (Å²) in [5, 5.41) is 22.3. The molecule has 6 aliphatic carbocycles. The van der Waals surface area contributed by atoms with Gasteiger partial charge < -0.3 is 29.5 Å². The third-order valence-electron chi connectivity index (χ3n) is 14.8. The lowest BCUT2D eigenvalue weighted by Gasteiger charge is -2.35. The molecule has 59 heavy (non-hydrogen) atoms. The highest BCUT2D eigenvalue weighted by molar-refractivity contribution is 5.85. The van der Waals surface area contributed by atoms with Gasteiger partial charge in [0, 0.05) is 12.1 Å². The number of ether oxygens (including phenoxy) is 3. The minimum absolute atomic E-state index is 0.0130. The molecular weight excluding hydrogens is 760 g/mol. The zero-order chi connectivity index (χ0) is 41.2. The first-order valence-corrected chi connectivity index (χ1v) is 23.7. The van der Waals surface area contributed by atoms with Crippen LogP contribution < -0.4 is 10.8 Å². The molecule has 0 aromatic heterocycles. The summed E-state index contributed by atoms with van der Waals surface area (Å²) in [6.07, 6.45) is 23.2. The smallest absolute Gasteiger partial charge is 0.308 e. The Kier molecular flexibility index (Phi) is 19.9. The Balaban J connectivity index is 0.808. The molecule has 6 unspecified atom stereocenters. The molecule has 0 saturated heterocycles. The zero-order valence-electron chi connectivity index (χ0n) is 35.6. The first-order valence-electron chi connectivity index (χ1n) is 23.7. The highest BCUT2D eigenvalue weighted by atomic mass is 17.2. The van der Waals surface area contributed by atoms with E-state index < -0.39 is 17.8 Å². The molecule has 0 radical (unpaired) electrons. The molecule has 0 bridgehead atoms. The topological polar surface area (TPSA) is 180 Å². The number of carbonyl (C=O) groups excluding carboxylic acids is 2. The number of carboxylic acid groups (broad SMARTS) is 1. The van der Waals surface area contributed by atoms with Crippen molar-refractivity contribution in [3.05, 3.63) is 0 Å². The fourth-order valence-corrected chi connectivity index (χ4v) is 10.9. The number of esters is 1. The Morgan fingerprint density at radius 2 is 1.15 bits per heavy atom. The molecular formula is C45H76N2O12. The van der Waals surface area contributed by atoms with E-state index in [1.54, 1.807) is 0 Å². The van der Waals surface area contributed by atoms with Crippen LogP contribution in [-0.2, 0) is 48.1 Å². The molecule has 1 amide bonds. The van der Waals surface area contributed by atoms with Gasteiger partial charge in [0.15, 0.2) is 0 Å². The largest absolute Gasteiger partial charge is 0.481 e. The molecule has 14 heteroatoms. The van der Waals surface area contributed by atoms with E-state index in [0.29, 0.717) is 57.5 Å². The highest BCUT2D eigenvalue weighted by Crippen LogP contribution is 2.37. The summed E-state index contributed by atoms with van der Waals surface area (Å²) in [7, 11) is 0. The molecule has 14 nitrogen and oxygen atoms in total. The van der Waals surface area contributed by atoms with Crippen molar-refractivity contribution in [3.63, 3.8) is 0 Å². The van der Waals surface area contributed by atoms with Gasteiger partial charge in [0.05, 0.1) is 63.0 Å². The van der Waals surface area contributed by atoms with Crippen molar-refractivity contribution in [3.8, 4) is 0 Å². The van der Waals surface area contributed by atoms with Gasteiger partial charge in [0.25, 0.3) is 0 Å². The number of hydrogen-bond acceptors (Lipinski definition) is 12. The van der Waals surface area contributed by atoms with Gasteiger partial charge in [-0.1, -0.05) is 38.5 Å². The number of nitrogens with one attached hydrogen (secondary N) is 2. The molecule has 6 fully saturated rings. The van der Waals surface area contributed by atoms with Crippen molar-refractivity contribution in [2.24, 2.45) is 47.3 Å². The van der Waals surface area contributed by atoms with Crippen LogP contribution in [0.25, 0.3) is 0 Å². The molecule has 0 aliphatic heterocycles. The quantitative estimate of drug-likeness (QED) is 0.0293. The summed E-state index contributed by atoms with van der Waals surface area (Å²) in [5.74, 6) is -1.13. The molecule has 0 aromatic rings. The second-order valence-electron chi connectivity index (χ2n) is 19.1. The Bertz CT molecular complexity index is 1230. The molecule has 0 aromatic carbocycles. The number of rotatable bonds is 21. The van der Waals surface area contributed by atoms with Crippen LogP contribution in [0.5, 0.6) is 0 Å². The van der Waals surface area contributed by atoms with Gasteiger partial charge in [-0.25, -0.2) is 14.7 Å². The van der Waals surface area contributed by atoms with Gasteiger partial charge in [0.2, 0.25) is 5.91 Å². The number of carboxylic acids is 1. The van der Waals surface area contributed by atoms with Crippen molar-refractivity contribution in [1.82, 2.24) is 10.8 Å². The maximum atomic E-state index is 13.4. The molecule has 6 rings (SSSR count). The third-order valence-corrected chi connectivity index (χ3v) is 14.8. The van der Waals surface area contributed by atoms with Crippen LogP contribution in [0.4, 0.5) is 0 Å². The van der Waals surface area contributed by atoms with E-state index >= 15 is 0 Å². The first kappa shape index (κ1) is 46.6. The van der Waals surface area contributed by atoms with Crippen molar-refractivity contribution in [2.75, 3.05) is 39.8 Å². The van der Waals surface area contributed by atoms with Gasteiger partial charge >= 0.3 is 11.9 Å². The van der Waals surface area contributed by atoms with Crippen LogP contribution >= 0.6 is 0 Å². The predicted octanol–water partition coefficient (Wildman–Crippen LogP) is 7.53. The lowest BCUT2D eigenvalue weighted by atomic mass is 9.73. The molecule has 338 valence electrons. The van der Waals surface area contributed by atoms with Crippen molar-refractivity contribution in [2.45, 2.75) is 178 Å². The van der Waals surface area contributed by atoms with Gasteiger partial charge in [-0.2, -0.15) is 5.48 Å². The van der Waals surface area contributed by atoms with E-state index in [1.807, 2.05) is 0 Å². The normalized spacial score (nSPS) is 33.9. The molecule has 6 aliphatic rings. The average Bonchev–Trinajstić information content (AvgIpc) is 3.26. The van der Waals surface area contributed by atoms with Crippen LogP contribution in [0.1, 0.15) is 154 Å². The van der Waals surface area contributed by atoms with Gasteiger partial charge in [-0.15, -0.1) is 0 Å². The molecule has 6 atom stereocenters. The fourth-order valence-electron chi connectivity index (χ4n) is 10.9. The summed E-state index contributed by atoms with van der Waals surface area (Å²) in [5.41, 5.74) is 3.27. The van der Waals surface area contributed by atoms with E-state index in [-0.39, 0.29) is 73.2 Å². The van der Waals surface area contributed by atoms with Gasteiger partial charge in [-0.05, 0) is 145 Å². The van der Waals surface area contributed by atoms with Crippen LogP contribution in [0.15, 0.2) is 0 Å². The van der Waals surface area contributed by atoms with E-state index in [1.165, 1.54) is 51.4 Å². The van der Waals surface area contributed by atoms with Gasteiger partial charge in [-0.3, -0.25) is 19.6 Å². The lowest BCUT2D eigenvalue weighted by molar-refractivity contribution is -0.310. The Morgan fingerprint density at radius 1 is 0.542 bits per heavy atom. The molecule has 4 N–H and O–H groups in total. The minimum atomic E-state index is -0.897. The maximum Gasteiger partial charge on any atom is 0.308 e. The minimum Gasteiger partial charge on any atom is -0.481 e. The predicted molar refractivity (Wildman–Crippen MR) is 217 cm³/mol. The first-order chi connectivity index (χ1) is 28.8. The second kappa shape index (κ2) is 25.3. The second-order valence-corrected chi connectivity index (χ2v) is 19.1. The number of hydroxylamine groups is 1. The number of carbonyl (C=O) groups is 3. The van der Waals surface area contributed by atoms with Crippen molar-refractivity contribution < 1.29 is 58.5 Å². The Hall–Kier alpha value is -1.91. The standard InChI is InChI=1S/C45H76N2O12/c48-43(42-23-33(11-22-41(42)44(49)50)27-59-58-26-32-9-5-2-6-10-32)46-37-14-18-39(19-15-37)54-30-55-40-20-16-38(17-21-40)47-56-28-36-24-34(12-13-35(36)29-57-52)45(51)53-25-31-7-3-1-4-8-31/h31-42,47,52H,1-30H2,(H,46,48)(H,49,50). The Labute approximate surface area is 352 Å². The van der Waals surface area contributed by atoms with E-state index in [2.05, 4.69) is 15.7 Å². The van der Waals surface area contributed by atoms with Crippen molar-refractivity contribution >= 4 is 17.8 Å². The summed E-state index contributed by atoms with van der Waals surface area (Å²) >= 11 is 0. The highest BCUT2D eigenvalue weighted by Gasteiger charge is 2.41. The van der Waals surface area contributed by atoms with Crippen LogP contribution in [0.3, 0.4) is 0 Å². The van der Waals surface area contributed by atoms with E-state index in [0.717, 1.165) is 83.5 Å². The third kappa shape index (κ3) is 15.4. The number of hydrogen-bond donors (Lipinski definition) is 4. The SMILES string of the molecule is O=C(OCC1CCCCC1)C1CCC(COO)C(CONC2CCC(OCOC3CCC(NC(=O)C4CC(COOCC5CCCCC5)CCC4C(=O)O)CC3)CC2)C1. The number of amides is 1. The molecule has 0 heterocycles. The van der Waals surface area contributed by atoms with Gasteiger partial charge in [0.1, 0.15) is 6.79 Å². The monoisotopic (exact) mass is 837 g/mol. The van der Waals surface area contributed by atoms with Crippen LogP contribution in [0, 0.1) is 47.3 Å². The summed E-state index contributed by atoms with van der Waals surface area (Å²) in [4.78, 5) is 60.1. The molecule has 0 spiro atoms. The van der Waals surface area contributed by atoms with Crippen molar-refractivity contribution in [1.29, 1.82) is 0 Å². The zero-order valence-corrected chi connectivity index (χ0v) is 35.6. The van der Waals surface area contributed by atoms with E-state index in [9.17, 15) is 24.7 Å². The van der Waals surface area contributed by atoms with Crippen LogP contribution in [0.2, 0.25) is 0 Å².